The summed E-state index contributed by atoms with van der Waals surface area (Å²) in [7, 11) is 1.63. The van der Waals surface area contributed by atoms with E-state index in [4.69, 9.17) is 9.47 Å². The van der Waals surface area contributed by atoms with Crippen molar-refractivity contribution >= 4 is 28.8 Å². The van der Waals surface area contributed by atoms with Crippen LogP contribution in [0.3, 0.4) is 0 Å². The third kappa shape index (κ3) is 4.72. The van der Waals surface area contributed by atoms with E-state index < -0.39 is 6.10 Å². The molecule has 0 bridgehead atoms. The highest BCUT2D eigenvalue weighted by Gasteiger charge is 2.30. The highest BCUT2D eigenvalue weighted by molar-refractivity contribution is 7.12. The van der Waals surface area contributed by atoms with Gasteiger partial charge in [0.25, 0.3) is 11.8 Å². The van der Waals surface area contributed by atoms with Gasteiger partial charge in [-0.25, -0.2) is 0 Å². The molecule has 0 spiro atoms. The first kappa shape index (κ1) is 20.9. The summed E-state index contributed by atoms with van der Waals surface area (Å²) in [6.07, 6.45) is 0.0416. The molecule has 1 atom stereocenters. The molecule has 2 amide bonds. The van der Waals surface area contributed by atoms with Crippen LogP contribution in [0, 0.1) is 0 Å². The standard InChI is InChI=1S/C24H24N2O4S/c1-3-20-24(28)26(14-16-6-9-19(29-2)10-7-16)15-17-13-18(8-11-21(17)30-20)25-23(27)22-5-4-12-31-22/h4-13,20H,3,14-15H2,1-2H3,(H,25,27). The molecule has 1 aliphatic heterocycles. The van der Waals surface area contributed by atoms with Crippen LogP contribution >= 0.6 is 11.3 Å². The van der Waals surface area contributed by atoms with Crippen LogP contribution in [0.5, 0.6) is 11.5 Å². The molecule has 0 saturated heterocycles. The van der Waals surface area contributed by atoms with Gasteiger partial charge >= 0.3 is 0 Å². The van der Waals surface area contributed by atoms with Crippen molar-refractivity contribution in [3.05, 3.63) is 76.0 Å². The van der Waals surface area contributed by atoms with Gasteiger partial charge in [-0.1, -0.05) is 25.1 Å². The quantitative estimate of drug-likeness (QED) is 0.608. The fourth-order valence-corrected chi connectivity index (χ4v) is 4.15. The molecule has 4 rings (SSSR count). The van der Waals surface area contributed by atoms with Crippen molar-refractivity contribution in [1.29, 1.82) is 0 Å². The molecule has 6 nitrogen and oxygen atoms in total. The zero-order valence-corrected chi connectivity index (χ0v) is 18.3. The van der Waals surface area contributed by atoms with Crippen LogP contribution in [0.4, 0.5) is 5.69 Å². The number of rotatable bonds is 6. The lowest BCUT2D eigenvalue weighted by molar-refractivity contribution is -0.139. The van der Waals surface area contributed by atoms with E-state index >= 15 is 0 Å². The summed E-state index contributed by atoms with van der Waals surface area (Å²) in [5, 5.41) is 4.80. The molecule has 1 aromatic heterocycles. The van der Waals surface area contributed by atoms with Gasteiger partial charge in [0.15, 0.2) is 6.10 Å². The van der Waals surface area contributed by atoms with E-state index in [1.165, 1.54) is 11.3 Å². The SMILES string of the molecule is CCC1Oc2ccc(NC(=O)c3cccs3)cc2CN(Cc2ccc(OC)cc2)C1=O. The zero-order valence-electron chi connectivity index (χ0n) is 17.5. The van der Waals surface area contributed by atoms with Crippen molar-refractivity contribution in [1.82, 2.24) is 4.90 Å². The van der Waals surface area contributed by atoms with Gasteiger partial charge < -0.3 is 19.7 Å². The van der Waals surface area contributed by atoms with Gasteiger partial charge in [0, 0.05) is 24.3 Å². The molecule has 2 aromatic carbocycles. The number of ether oxygens (including phenoxy) is 2. The molecule has 2 heterocycles. The Hall–Kier alpha value is -3.32. The number of thiophene rings is 1. The Morgan fingerprint density at radius 2 is 2.03 bits per heavy atom. The second-order valence-corrected chi connectivity index (χ2v) is 8.26. The minimum Gasteiger partial charge on any atom is -0.497 e. The monoisotopic (exact) mass is 436 g/mol. The average molecular weight is 437 g/mol. The molecule has 31 heavy (non-hydrogen) atoms. The summed E-state index contributed by atoms with van der Waals surface area (Å²) in [6.45, 7) is 2.81. The number of methoxy groups -OCH3 is 1. The first-order chi connectivity index (χ1) is 15.1. The van der Waals surface area contributed by atoms with Gasteiger partial charge in [0.2, 0.25) is 0 Å². The zero-order chi connectivity index (χ0) is 21.8. The maximum Gasteiger partial charge on any atom is 0.265 e. The lowest BCUT2D eigenvalue weighted by Crippen LogP contribution is -2.38. The molecule has 1 unspecified atom stereocenters. The molecule has 0 saturated carbocycles. The molecule has 0 fully saturated rings. The molecule has 1 aliphatic rings. The Kier molecular flexibility index (Phi) is 6.23. The topological polar surface area (TPSA) is 67.9 Å². The number of hydrogen-bond acceptors (Lipinski definition) is 5. The van der Waals surface area contributed by atoms with Crippen molar-refractivity contribution in [3.63, 3.8) is 0 Å². The number of carbonyl (C=O) groups excluding carboxylic acids is 2. The van der Waals surface area contributed by atoms with Crippen molar-refractivity contribution in [2.24, 2.45) is 0 Å². The fourth-order valence-electron chi connectivity index (χ4n) is 3.53. The van der Waals surface area contributed by atoms with Crippen LogP contribution in [-0.2, 0) is 17.9 Å². The maximum atomic E-state index is 13.1. The van der Waals surface area contributed by atoms with E-state index in [0.717, 1.165) is 16.9 Å². The molecular weight excluding hydrogens is 412 g/mol. The second kappa shape index (κ2) is 9.22. The molecular formula is C24H24N2O4S. The molecule has 160 valence electrons. The normalized spacial score (nSPS) is 15.6. The number of carbonyl (C=O) groups is 2. The van der Waals surface area contributed by atoms with Crippen molar-refractivity contribution in [3.8, 4) is 11.5 Å². The smallest absolute Gasteiger partial charge is 0.265 e. The summed E-state index contributed by atoms with van der Waals surface area (Å²) in [6, 6.07) is 16.8. The summed E-state index contributed by atoms with van der Waals surface area (Å²) >= 11 is 1.39. The summed E-state index contributed by atoms with van der Waals surface area (Å²) in [5.41, 5.74) is 2.55. The average Bonchev–Trinajstić information content (AvgIpc) is 3.29. The van der Waals surface area contributed by atoms with Crippen LogP contribution in [0.25, 0.3) is 0 Å². The van der Waals surface area contributed by atoms with Crippen molar-refractivity contribution < 1.29 is 19.1 Å². The third-order valence-corrected chi connectivity index (χ3v) is 6.05. The predicted octanol–water partition coefficient (Wildman–Crippen LogP) is 4.71. The molecule has 7 heteroatoms. The Morgan fingerprint density at radius 3 is 2.71 bits per heavy atom. The lowest BCUT2D eigenvalue weighted by Gasteiger charge is -2.23. The van der Waals surface area contributed by atoms with Gasteiger partial charge in [-0.3, -0.25) is 9.59 Å². The summed E-state index contributed by atoms with van der Waals surface area (Å²) < 4.78 is 11.3. The van der Waals surface area contributed by atoms with Crippen molar-refractivity contribution in [2.45, 2.75) is 32.5 Å². The van der Waals surface area contributed by atoms with Crippen LogP contribution in [0.1, 0.15) is 34.1 Å². The van der Waals surface area contributed by atoms with E-state index in [1.807, 2.05) is 54.8 Å². The van der Waals surface area contributed by atoms with Gasteiger partial charge in [-0.15, -0.1) is 11.3 Å². The van der Waals surface area contributed by atoms with Crippen molar-refractivity contribution in [2.75, 3.05) is 12.4 Å². The highest BCUT2D eigenvalue weighted by Crippen LogP contribution is 2.30. The van der Waals surface area contributed by atoms with E-state index in [9.17, 15) is 9.59 Å². The van der Waals surface area contributed by atoms with Crippen LogP contribution in [0.15, 0.2) is 60.0 Å². The third-order valence-electron chi connectivity index (χ3n) is 5.18. The number of anilines is 1. The van der Waals surface area contributed by atoms with Gasteiger partial charge in [-0.05, 0) is 53.8 Å². The largest absolute Gasteiger partial charge is 0.497 e. The number of amides is 2. The van der Waals surface area contributed by atoms with Crippen LogP contribution in [0.2, 0.25) is 0 Å². The van der Waals surface area contributed by atoms with Crippen LogP contribution < -0.4 is 14.8 Å². The number of fused-ring (bicyclic) bond motifs is 1. The Labute approximate surface area is 185 Å². The van der Waals surface area contributed by atoms with E-state index in [1.54, 1.807) is 24.1 Å². The summed E-state index contributed by atoms with van der Waals surface area (Å²) in [4.78, 5) is 28.0. The van der Waals surface area contributed by atoms with Gasteiger partial charge in [0.1, 0.15) is 11.5 Å². The Morgan fingerprint density at radius 1 is 1.23 bits per heavy atom. The second-order valence-electron chi connectivity index (χ2n) is 7.31. The van der Waals surface area contributed by atoms with E-state index in [0.29, 0.717) is 35.8 Å². The predicted molar refractivity (Wildman–Crippen MR) is 121 cm³/mol. The van der Waals surface area contributed by atoms with E-state index in [-0.39, 0.29) is 11.8 Å². The van der Waals surface area contributed by atoms with Gasteiger partial charge in [0.05, 0.1) is 12.0 Å². The summed E-state index contributed by atoms with van der Waals surface area (Å²) in [5.74, 6) is 1.25. The number of nitrogens with one attached hydrogen (secondary N) is 1. The van der Waals surface area contributed by atoms with E-state index in [2.05, 4.69) is 5.32 Å². The fraction of sp³-hybridized carbons (Fsp3) is 0.250. The minimum absolute atomic E-state index is 0.0429. The number of nitrogens with zero attached hydrogens (tertiary/aromatic N) is 1. The first-order valence-electron chi connectivity index (χ1n) is 10.1. The maximum absolute atomic E-state index is 13.1. The molecule has 0 radical (unpaired) electrons. The molecule has 3 aromatic rings. The molecule has 0 aliphatic carbocycles. The number of hydrogen-bond donors (Lipinski definition) is 1. The minimum atomic E-state index is -0.536. The molecule has 1 N–H and O–H groups in total. The van der Waals surface area contributed by atoms with Crippen LogP contribution in [-0.4, -0.2) is 29.9 Å². The van der Waals surface area contributed by atoms with Gasteiger partial charge in [-0.2, -0.15) is 0 Å². The Bertz CT molecular complexity index is 1060. The Balaban J connectivity index is 1.58. The number of benzene rings is 2. The highest BCUT2D eigenvalue weighted by atomic mass is 32.1. The first-order valence-corrected chi connectivity index (χ1v) is 11.0. The lowest BCUT2D eigenvalue weighted by atomic mass is 10.1.